The molecule has 2 aliphatic rings. The lowest BCUT2D eigenvalue weighted by atomic mass is 9.63. The molecule has 2 aromatic carbocycles. The van der Waals surface area contributed by atoms with Crippen LogP contribution >= 0.6 is 0 Å². The van der Waals surface area contributed by atoms with Crippen LogP contribution < -0.4 is 4.74 Å². The van der Waals surface area contributed by atoms with Gasteiger partial charge in [-0.1, -0.05) is 56.9 Å². The first-order chi connectivity index (χ1) is 13.2. The molecule has 0 N–H and O–H groups in total. The van der Waals surface area contributed by atoms with E-state index in [-0.39, 0.29) is 5.82 Å². The zero-order valence-corrected chi connectivity index (χ0v) is 16.8. The monoisotopic (exact) mass is 368 g/mol. The number of halogens is 1. The highest BCUT2D eigenvalue weighted by molar-refractivity contribution is 5.85. The van der Waals surface area contributed by atoms with Crippen LogP contribution in [0.3, 0.4) is 0 Å². The van der Waals surface area contributed by atoms with Gasteiger partial charge in [0.15, 0.2) is 11.6 Å². The highest BCUT2D eigenvalue weighted by Crippen LogP contribution is 2.48. The van der Waals surface area contributed by atoms with Gasteiger partial charge < -0.3 is 4.74 Å². The van der Waals surface area contributed by atoms with E-state index in [0.29, 0.717) is 17.1 Å². The van der Waals surface area contributed by atoms with Crippen LogP contribution in [0.2, 0.25) is 0 Å². The van der Waals surface area contributed by atoms with Crippen molar-refractivity contribution >= 4 is 10.8 Å². The molecule has 0 aromatic heterocycles. The molecule has 2 fully saturated rings. The van der Waals surface area contributed by atoms with E-state index in [1.54, 1.807) is 6.07 Å². The van der Waals surface area contributed by atoms with E-state index in [1.165, 1.54) is 70.5 Å². The molecule has 0 aliphatic heterocycles. The minimum Gasteiger partial charge on any atom is -0.494 e. The minimum atomic E-state index is -0.240. The van der Waals surface area contributed by atoms with Crippen LogP contribution in [0.5, 0.6) is 5.75 Å². The first-order valence-electron chi connectivity index (χ1n) is 11.0. The molecule has 0 saturated heterocycles. The topological polar surface area (TPSA) is 9.23 Å². The molecule has 2 aromatic rings. The van der Waals surface area contributed by atoms with Crippen LogP contribution in [0.1, 0.15) is 76.2 Å². The second-order valence-corrected chi connectivity index (χ2v) is 8.91. The largest absolute Gasteiger partial charge is 0.494 e. The standard InChI is InChI=1S/C25H33FO/c1-3-4-5-17-6-7-19-15-20(9-8-18(19)14-17)21-10-12-23-22(16-21)11-13-24(27-2)25(23)26/h10-13,16-20H,3-9,14-15H2,1-2H3/t17?,18-,19?,20-/m1/s1. The van der Waals surface area contributed by atoms with E-state index >= 15 is 0 Å². The van der Waals surface area contributed by atoms with E-state index in [1.807, 2.05) is 12.1 Å². The van der Waals surface area contributed by atoms with Gasteiger partial charge in [0.25, 0.3) is 0 Å². The molecule has 2 unspecified atom stereocenters. The fourth-order valence-electron chi connectivity index (χ4n) is 5.75. The summed E-state index contributed by atoms with van der Waals surface area (Å²) < 4.78 is 19.6. The molecule has 27 heavy (non-hydrogen) atoms. The molecular weight excluding hydrogens is 335 g/mol. The quantitative estimate of drug-likeness (QED) is 0.531. The van der Waals surface area contributed by atoms with Gasteiger partial charge in [0.05, 0.1) is 7.11 Å². The predicted octanol–water partition coefficient (Wildman–Crippen LogP) is 7.48. The third-order valence-electron chi connectivity index (χ3n) is 7.32. The van der Waals surface area contributed by atoms with Crippen molar-refractivity contribution in [2.24, 2.45) is 17.8 Å². The Morgan fingerprint density at radius 1 is 1.00 bits per heavy atom. The van der Waals surface area contributed by atoms with E-state index in [0.717, 1.165) is 23.1 Å². The van der Waals surface area contributed by atoms with Gasteiger partial charge in [-0.15, -0.1) is 0 Å². The van der Waals surface area contributed by atoms with Crippen LogP contribution in [0.25, 0.3) is 10.8 Å². The molecule has 0 heterocycles. The lowest BCUT2D eigenvalue weighted by molar-refractivity contribution is 0.113. The Hall–Kier alpha value is -1.57. The summed E-state index contributed by atoms with van der Waals surface area (Å²) >= 11 is 0. The van der Waals surface area contributed by atoms with Gasteiger partial charge in [-0.2, -0.15) is 0 Å². The second-order valence-electron chi connectivity index (χ2n) is 8.91. The van der Waals surface area contributed by atoms with Crippen molar-refractivity contribution in [2.45, 2.75) is 70.6 Å². The number of benzene rings is 2. The molecule has 0 spiro atoms. The summed E-state index contributed by atoms with van der Waals surface area (Å²) in [5.74, 6) is 3.59. The second kappa shape index (κ2) is 8.20. The Labute approximate surface area is 163 Å². The maximum Gasteiger partial charge on any atom is 0.172 e. The van der Waals surface area contributed by atoms with E-state index in [4.69, 9.17) is 4.74 Å². The van der Waals surface area contributed by atoms with Gasteiger partial charge >= 0.3 is 0 Å². The lowest BCUT2D eigenvalue weighted by Crippen LogP contribution is -2.30. The average Bonchev–Trinajstić information content (AvgIpc) is 2.71. The van der Waals surface area contributed by atoms with E-state index in [2.05, 4.69) is 19.1 Å². The molecule has 2 heteroatoms. The average molecular weight is 369 g/mol. The maximum absolute atomic E-state index is 14.5. The SMILES string of the molecule is CCCCC1CCC2C[C@H](c3ccc4c(F)c(OC)ccc4c3)CC[C@@H]2C1. The zero-order valence-electron chi connectivity index (χ0n) is 16.8. The summed E-state index contributed by atoms with van der Waals surface area (Å²) in [6.07, 6.45) is 12.5. The van der Waals surface area contributed by atoms with Gasteiger partial charge in [-0.25, -0.2) is 4.39 Å². The van der Waals surface area contributed by atoms with Crippen LogP contribution in [-0.2, 0) is 0 Å². The van der Waals surface area contributed by atoms with E-state index in [9.17, 15) is 4.39 Å². The lowest BCUT2D eigenvalue weighted by Gasteiger charge is -2.42. The van der Waals surface area contributed by atoms with E-state index < -0.39 is 0 Å². The van der Waals surface area contributed by atoms with Crippen LogP contribution in [0.4, 0.5) is 4.39 Å². The fraction of sp³-hybridized carbons (Fsp3) is 0.600. The third-order valence-corrected chi connectivity index (χ3v) is 7.32. The molecule has 2 saturated carbocycles. The number of methoxy groups -OCH3 is 1. The van der Waals surface area contributed by atoms with Gasteiger partial charge in [-0.05, 0) is 72.8 Å². The van der Waals surface area contributed by atoms with Gasteiger partial charge in [0, 0.05) is 5.39 Å². The zero-order chi connectivity index (χ0) is 18.8. The van der Waals surface area contributed by atoms with Crippen molar-refractivity contribution in [1.29, 1.82) is 0 Å². The molecule has 0 radical (unpaired) electrons. The van der Waals surface area contributed by atoms with Crippen molar-refractivity contribution in [3.05, 3.63) is 41.7 Å². The fourth-order valence-corrected chi connectivity index (χ4v) is 5.75. The molecule has 4 atom stereocenters. The van der Waals surface area contributed by atoms with Crippen LogP contribution in [0, 0.1) is 23.6 Å². The number of ether oxygens (including phenoxy) is 1. The number of rotatable bonds is 5. The summed E-state index contributed by atoms with van der Waals surface area (Å²) in [7, 11) is 1.52. The number of fused-ring (bicyclic) bond motifs is 2. The maximum atomic E-state index is 14.5. The summed E-state index contributed by atoms with van der Waals surface area (Å²) in [6.45, 7) is 2.31. The minimum absolute atomic E-state index is 0.240. The molecule has 1 nitrogen and oxygen atoms in total. The Balaban J connectivity index is 1.46. The van der Waals surface area contributed by atoms with Crippen LogP contribution in [-0.4, -0.2) is 7.11 Å². The summed E-state index contributed by atoms with van der Waals surface area (Å²) in [4.78, 5) is 0. The van der Waals surface area contributed by atoms with Crippen molar-refractivity contribution in [3.63, 3.8) is 0 Å². The van der Waals surface area contributed by atoms with Gasteiger partial charge in [0.2, 0.25) is 0 Å². The molecule has 146 valence electrons. The normalized spacial score (nSPS) is 28.1. The smallest absolute Gasteiger partial charge is 0.172 e. The molecule has 2 aliphatic carbocycles. The number of hydrogen-bond acceptors (Lipinski definition) is 1. The van der Waals surface area contributed by atoms with Crippen LogP contribution in [0.15, 0.2) is 30.3 Å². The Morgan fingerprint density at radius 2 is 1.81 bits per heavy atom. The van der Waals surface area contributed by atoms with Gasteiger partial charge in [-0.3, -0.25) is 0 Å². The highest BCUT2D eigenvalue weighted by atomic mass is 19.1. The van der Waals surface area contributed by atoms with Crippen molar-refractivity contribution in [1.82, 2.24) is 0 Å². The van der Waals surface area contributed by atoms with Crippen molar-refractivity contribution in [3.8, 4) is 5.75 Å². The predicted molar refractivity (Wildman–Crippen MR) is 111 cm³/mol. The van der Waals surface area contributed by atoms with Crippen molar-refractivity contribution in [2.75, 3.05) is 7.11 Å². The molecular formula is C25H33FO. The summed E-state index contributed by atoms with van der Waals surface area (Å²) in [6, 6.07) is 10.1. The number of unbranched alkanes of at least 4 members (excludes halogenated alkanes) is 1. The summed E-state index contributed by atoms with van der Waals surface area (Å²) in [5, 5.41) is 1.67. The first-order valence-corrected chi connectivity index (χ1v) is 11.0. The molecule has 0 amide bonds. The third kappa shape index (κ3) is 3.86. The molecule has 4 rings (SSSR count). The Kier molecular flexibility index (Phi) is 5.71. The van der Waals surface area contributed by atoms with Crippen molar-refractivity contribution < 1.29 is 9.13 Å². The van der Waals surface area contributed by atoms with Gasteiger partial charge in [0.1, 0.15) is 0 Å². The summed E-state index contributed by atoms with van der Waals surface area (Å²) in [5.41, 5.74) is 1.40. The Bertz CT molecular complexity index is 783. The first kappa shape index (κ1) is 18.8. The Morgan fingerprint density at radius 3 is 2.63 bits per heavy atom. The molecule has 0 bridgehead atoms. The number of hydrogen-bond donors (Lipinski definition) is 0. The highest BCUT2D eigenvalue weighted by Gasteiger charge is 2.35.